The van der Waals surface area contributed by atoms with Gasteiger partial charge in [0.05, 0.1) is 25.2 Å². The molecule has 8 heteroatoms. The van der Waals surface area contributed by atoms with Gasteiger partial charge >= 0.3 is 5.97 Å². The van der Waals surface area contributed by atoms with Crippen LogP contribution in [0.15, 0.2) is 53.4 Å². The zero-order valence-electron chi connectivity index (χ0n) is 17.5. The monoisotopic (exact) mass is 457 g/mol. The Morgan fingerprint density at radius 1 is 1.13 bits per heavy atom. The Morgan fingerprint density at radius 3 is 2.52 bits per heavy atom. The second-order valence-electron chi connectivity index (χ2n) is 6.46. The highest BCUT2D eigenvalue weighted by Crippen LogP contribution is 2.39. The maximum Gasteiger partial charge on any atom is 0.333 e. The van der Waals surface area contributed by atoms with Crippen molar-refractivity contribution in [3.05, 3.63) is 64.6 Å². The van der Waals surface area contributed by atoms with Gasteiger partial charge in [-0.2, -0.15) is 0 Å². The number of thiocarbonyl (C=S) groups is 1. The summed E-state index contributed by atoms with van der Waals surface area (Å²) < 4.78 is 16.5. The summed E-state index contributed by atoms with van der Waals surface area (Å²) in [7, 11) is 1.56. The van der Waals surface area contributed by atoms with E-state index in [1.54, 1.807) is 56.5 Å². The van der Waals surface area contributed by atoms with Crippen molar-refractivity contribution in [3.63, 3.8) is 0 Å². The van der Waals surface area contributed by atoms with Crippen LogP contribution in [-0.2, 0) is 14.3 Å². The molecule has 1 amide bonds. The summed E-state index contributed by atoms with van der Waals surface area (Å²) in [6.45, 7) is 4.34. The lowest BCUT2D eigenvalue weighted by Crippen LogP contribution is -2.38. The van der Waals surface area contributed by atoms with Crippen molar-refractivity contribution >= 4 is 46.3 Å². The standard InChI is InChI=1S/C23H23NO5S2/c1-4-28-17-12-11-15(13-18(17)27-3)14-19-21(25)24(23(30)31-19)20(22(26)29-5-2)16-9-7-6-8-10-16/h6-14,20H,4-5H2,1-3H3/b19-14-. The third kappa shape index (κ3) is 5.08. The number of benzene rings is 2. The fourth-order valence-corrected chi connectivity index (χ4v) is 4.46. The van der Waals surface area contributed by atoms with Crippen LogP contribution in [0, 0.1) is 0 Å². The number of nitrogens with zero attached hydrogens (tertiary/aromatic N) is 1. The molecule has 0 N–H and O–H groups in total. The number of methoxy groups -OCH3 is 1. The predicted octanol–water partition coefficient (Wildman–Crippen LogP) is 4.60. The Morgan fingerprint density at radius 2 is 1.87 bits per heavy atom. The largest absolute Gasteiger partial charge is 0.493 e. The highest BCUT2D eigenvalue weighted by molar-refractivity contribution is 8.26. The fraction of sp³-hybridized carbons (Fsp3) is 0.261. The summed E-state index contributed by atoms with van der Waals surface area (Å²) in [6, 6.07) is 13.5. The molecule has 0 aromatic heterocycles. The third-order valence-electron chi connectivity index (χ3n) is 4.49. The fourth-order valence-electron chi connectivity index (χ4n) is 3.15. The number of amides is 1. The van der Waals surface area contributed by atoms with Crippen molar-refractivity contribution in [2.45, 2.75) is 19.9 Å². The molecule has 0 aliphatic carbocycles. The van der Waals surface area contributed by atoms with E-state index in [4.69, 9.17) is 26.4 Å². The molecule has 6 nitrogen and oxygen atoms in total. The Bertz CT molecular complexity index is 1010. The molecule has 0 saturated carbocycles. The van der Waals surface area contributed by atoms with Gasteiger partial charge in [0, 0.05) is 0 Å². The zero-order chi connectivity index (χ0) is 22.4. The lowest BCUT2D eigenvalue weighted by atomic mass is 10.1. The van der Waals surface area contributed by atoms with Gasteiger partial charge in [-0.05, 0) is 43.2 Å². The highest BCUT2D eigenvalue weighted by Gasteiger charge is 2.42. The number of hydrogen-bond donors (Lipinski definition) is 0. The van der Waals surface area contributed by atoms with E-state index in [0.717, 1.165) is 17.3 Å². The molecule has 162 valence electrons. The second kappa shape index (κ2) is 10.5. The minimum atomic E-state index is -0.936. The lowest BCUT2D eigenvalue weighted by Gasteiger charge is -2.25. The molecule has 1 fully saturated rings. The molecule has 1 aliphatic rings. The number of rotatable bonds is 8. The van der Waals surface area contributed by atoms with Gasteiger partial charge in [-0.15, -0.1) is 0 Å². The van der Waals surface area contributed by atoms with E-state index < -0.39 is 12.0 Å². The SMILES string of the molecule is CCOC(=O)C(c1ccccc1)N1C(=O)/C(=C/c2ccc(OCC)c(OC)c2)SC1=S. The first kappa shape index (κ1) is 22.8. The minimum absolute atomic E-state index is 0.207. The number of hydrogen-bond acceptors (Lipinski definition) is 7. The average molecular weight is 458 g/mol. The van der Waals surface area contributed by atoms with Crippen molar-refractivity contribution < 1.29 is 23.8 Å². The summed E-state index contributed by atoms with van der Waals surface area (Å²) in [6.07, 6.45) is 1.73. The van der Waals surface area contributed by atoms with Gasteiger partial charge in [0.2, 0.25) is 0 Å². The van der Waals surface area contributed by atoms with E-state index in [9.17, 15) is 9.59 Å². The second-order valence-corrected chi connectivity index (χ2v) is 8.14. The van der Waals surface area contributed by atoms with Crippen molar-refractivity contribution in [1.29, 1.82) is 0 Å². The van der Waals surface area contributed by atoms with Crippen molar-refractivity contribution in [2.24, 2.45) is 0 Å². The van der Waals surface area contributed by atoms with E-state index in [0.29, 0.717) is 32.9 Å². The molecule has 0 spiro atoms. The smallest absolute Gasteiger partial charge is 0.333 e. The molecule has 1 atom stereocenters. The lowest BCUT2D eigenvalue weighted by molar-refractivity contribution is -0.151. The number of ether oxygens (including phenoxy) is 3. The Kier molecular flexibility index (Phi) is 7.70. The van der Waals surface area contributed by atoms with Gasteiger partial charge in [0.15, 0.2) is 17.5 Å². The Labute approximate surface area is 191 Å². The number of esters is 1. The molecule has 2 aromatic carbocycles. The van der Waals surface area contributed by atoms with Crippen LogP contribution in [0.4, 0.5) is 0 Å². The Hall–Kier alpha value is -2.84. The van der Waals surface area contributed by atoms with E-state index in [2.05, 4.69) is 0 Å². The first-order chi connectivity index (χ1) is 15.0. The summed E-state index contributed by atoms with van der Waals surface area (Å²) in [5.74, 6) is 0.333. The highest BCUT2D eigenvalue weighted by atomic mass is 32.2. The molecule has 1 aliphatic heterocycles. The number of carbonyl (C=O) groups is 2. The van der Waals surface area contributed by atoms with Crippen LogP contribution in [0.3, 0.4) is 0 Å². The van der Waals surface area contributed by atoms with Gasteiger partial charge in [-0.3, -0.25) is 9.69 Å². The summed E-state index contributed by atoms with van der Waals surface area (Å²) in [5.41, 5.74) is 1.40. The summed E-state index contributed by atoms with van der Waals surface area (Å²) in [4.78, 5) is 27.7. The van der Waals surface area contributed by atoms with Crippen LogP contribution >= 0.6 is 24.0 Å². The van der Waals surface area contributed by atoms with E-state index in [1.807, 2.05) is 19.1 Å². The van der Waals surface area contributed by atoms with Gasteiger partial charge < -0.3 is 14.2 Å². The molecule has 1 saturated heterocycles. The molecule has 31 heavy (non-hydrogen) atoms. The van der Waals surface area contributed by atoms with Gasteiger partial charge in [0.25, 0.3) is 5.91 Å². The molecule has 0 radical (unpaired) electrons. The van der Waals surface area contributed by atoms with E-state index in [-0.39, 0.29) is 12.5 Å². The zero-order valence-corrected chi connectivity index (χ0v) is 19.1. The topological polar surface area (TPSA) is 65.1 Å². The maximum atomic E-state index is 13.3. The average Bonchev–Trinajstić information content (AvgIpc) is 3.04. The Balaban J connectivity index is 1.94. The van der Waals surface area contributed by atoms with Crippen LogP contribution in [-0.4, -0.2) is 41.4 Å². The third-order valence-corrected chi connectivity index (χ3v) is 5.82. The molecule has 1 unspecified atom stereocenters. The molecular weight excluding hydrogens is 434 g/mol. The first-order valence-electron chi connectivity index (χ1n) is 9.79. The maximum absolute atomic E-state index is 13.3. The quantitative estimate of drug-likeness (QED) is 0.326. The minimum Gasteiger partial charge on any atom is -0.493 e. The van der Waals surface area contributed by atoms with Gasteiger partial charge in [-0.1, -0.05) is 60.4 Å². The summed E-state index contributed by atoms with van der Waals surface area (Å²) >= 11 is 6.62. The first-order valence-corrected chi connectivity index (χ1v) is 11.0. The van der Waals surface area contributed by atoms with Gasteiger partial charge in [-0.25, -0.2) is 4.79 Å². The number of thioether (sulfide) groups is 1. The number of carbonyl (C=O) groups excluding carboxylic acids is 2. The predicted molar refractivity (Wildman–Crippen MR) is 125 cm³/mol. The van der Waals surface area contributed by atoms with Crippen LogP contribution in [0.25, 0.3) is 6.08 Å². The molecule has 2 aromatic rings. The molecular formula is C23H23NO5S2. The van der Waals surface area contributed by atoms with Gasteiger partial charge in [0.1, 0.15) is 4.32 Å². The normalized spacial score (nSPS) is 15.8. The van der Waals surface area contributed by atoms with Crippen LogP contribution in [0.5, 0.6) is 11.5 Å². The van der Waals surface area contributed by atoms with Crippen LogP contribution < -0.4 is 9.47 Å². The molecule has 0 bridgehead atoms. The van der Waals surface area contributed by atoms with Crippen molar-refractivity contribution in [3.8, 4) is 11.5 Å². The van der Waals surface area contributed by atoms with Crippen LogP contribution in [0.1, 0.15) is 31.0 Å². The van der Waals surface area contributed by atoms with E-state index in [1.165, 1.54) is 4.90 Å². The van der Waals surface area contributed by atoms with Crippen molar-refractivity contribution in [2.75, 3.05) is 20.3 Å². The van der Waals surface area contributed by atoms with Crippen LogP contribution in [0.2, 0.25) is 0 Å². The van der Waals surface area contributed by atoms with E-state index >= 15 is 0 Å². The summed E-state index contributed by atoms with van der Waals surface area (Å²) in [5, 5.41) is 0. The van der Waals surface area contributed by atoms with Crippen molar-refractivity contribution in [1.82, 2.24) is 4.90 Å². The molecule has 3 rings (SSSR count). The molecule has 1 heterocycles.